The zero-order valence-electron chi connectivity index (χ0n) is 26.7. The van der Waals surface area contributed by atoms with Gasteiger partial charge in [0.15, 0.2) is 8.32 Å². The van der Waals surface area contributed by atoms with Gasteiger partial charge in [-0.2, -0.15) is 0 Å². The molecule has 3 nitrogen and oxygen atoms in total. The summed E-state index contributed by atoms with van der Waals surface area (Å²) in [7, 11) is -2.02. The third-order valence-corrected chi connectivity index (χ3v) is 14.5. The van der Waals surface area contributed by atoms with Gasteiger partial charge in [-0.3, -0.25) is 0 Å². The first-order chi connectivity index (χ1) is 21.0. The van der Waals surface area contributed by atoms with Gasteiger partial charge in [-0.1, -0.05) is 119 Å². The third-order valence-electron chi connectivity index (χ3n) is 10.0. The molecule has 0 aliphatic heterocycles. The van der Waals surface area contributed by atoms with E-state index in [1.807, 2.05) is 6.33 Å². The van der Waals surface area contributed by atoms with E-state index in [9.17, 15) is 0 Å². The van der Waals surface area contributed by atoms with E-state index in [2.05, 4.69) is 143 Å². The van der Waals surface area contributed by atoms with Crippen molar-refractivity contribution in [2.45, 2.75) is 76.2 Å². The number of rotatable bonds is 8. The van der Waals surface area contributed by atoms with E-state index >= 15 is 4.39 Å². The molecular weight excluding hydrogens is 560 g/mol. The van der Waals surface area contributed by atoms with Crippen molar-refractivity contribution < 1.29 is 8.82 Å². The maximum Gasteiger partial charge on any atom is 0.192 e. The predicted molar refractivity (Wildman–Crippen MR) is 180 cm³/mol. The first kappa shape index (κ1) is 30.2. The Labute approximate surface area is 262 Å². The van der Waals surface area contributed by atoms with E-state index in [0.717, 1.165) is 46.4 Å². The Morgan fingerprint density at radius 2 is 1.36 bits per heavy atom. The standard InChI is InChI=1S/C39H43FN2OSi/c1-28(34-24-32(40)25-35-33(34)22-23-37(35)43-44(5,6)38(2,3)4)36-26-42(27-41-36)39(29-16-10-7-11-17-29,30-18-12-8-13-19-30)31-20-14-9-15-21-31/h7-21,24-28,37H,22-23H2,1-6H3. The van der Waals surface area contributed by atoms with E-state index < -0.39 is 13.9 Å². The molecule has 2 unspecified atom stereocenters. The van der Waals surface area contributed by atoms with Crippen LogP contribution >= 0.6 is 0 Å². The van der Waals surface area contributed by atoms with Crippen LogP contribution in [0.2, 0.25) is 18.1 Å². The number of imidazole rings is 1. The Balaban J connectivity index is 1.45. The van der Waals surface area contributed by atoms with Gasteiger partial charge < -0.3 is 8.99 Å². The Hall–Kier alpha value is -3.80. The fourth-order valence-corrected chi connectivity index (χ4v) is 7.93. The number of halogens is 1. The molecule has 1 heterocycles. The van der Waals surface area contributed by atoms with Crippen molar-refractivity contribution in [3.05, 3.63) is 161 Å². The summed E-state index contributed by atoms with van der Waals surface area (Å²) in [5.74, 6) is -0.296. The maximum absolute atomic E-state index is 15.3. The van der Waals surface area contributed by atoms with Crippen molar-refractivity contribution >= 4 is 8.32 Å². The van der Waals surface area contributed by atoms with E-state index in [0.29, 0.717) is 0 Å². The number of nitrogens with zero attached hydrogens (tertiary/aromatic N) is 2. The normalized spacial score (nSPS) is 16.1. The summed E-state index contributed by atoms with van der Waals surface area (Å²) >= 11 is 0. The van der Waals surface area contributed by atoms with Gasteiger partial charge in [0.2, 0.25) is 0 Å². The Morgan fingerprint density at radius 1 is 0.841 bits per heavy atom. The zero-order chi connectivity index (χ0) is 31.1. The molecule has 1 aliphatic carbocycles. The smallest absolute Gasteiger partial charge is 0.192 e. The molecule has 0 N–H and O–H groups in total. The van der Waals surface area contributed by atoms with Gasteiger partial charge >= 0.3 is 0 Å². The summed E-state index contributed by atoms with van der Waals surface area (Å²) in [6.07, 6.45) is 5.82. The van der Waals surface area contributed by atoms with Gasteiger partial charge in [0, 0.05) is 12.1 Å². The topological polar surface area (TPSA) is 27.1 Å². The molecular formula is C39H43FN2OSi. The molecule has 0 fully saturated rings. The predicted octanol–water partition coefficient (Wildman–Crippen LogP) is 10.0. The molecule has 0 spiro atoms. The van der Waals surface area contributed by atoms with Crippen LogP contribution in [0.5, 0.6) is 0 Å². The quantitative estimate of drug-likeness (QED) is 0.131. The van der Waals surface area contributed by atoms with E-state index in [-0.39, 0.29) is 22.9 Å². The number of aromatic nitrogens is 2. The number of hydrogen-bond acceptors (Lipinski definition) is 2. The van der Waals surface area contributed by atoms with Crippen molar-refractivity contribution in [3.63, 3.8) is 0 Å². The second-order valence-electron chi connectivity index (χ2n) is 13.7. The summed E-state index contributed by atoms with van der Waals surface area (Å²) in [6.45, 7) is 13.5. The molecule has 5 aromatic rings. The SMILES string of the molecule is CC(c1cn(C(c2ccccc2)(c2ccccc2)c2ccccc2)cn1)c1cc(F)cc2c1CCC2O[Si](C)(C)C(C)(C)C. The number of fused-ring (bicyclic) bond motifs is 1. The third kappa shape index (κ3) is 5.26. The molecule has 226 valence electrons. The highest BCUT2D eigenvalue weighted by molar-refractivity contribution is 6.74. The van der Waals surface area contributed by atoms with Crippen molar-refractivity contribution in [1.82, 2.24) is 9.55 Å². The molecule has 0 amide bonds. The van der Waals surface area contributed by atoms with Crippen LogP contribution in [-0.2, 0) is 16.4 Å². The first-order valence-corrected chi connectivity index (χ1v) is 18.6. The fourth-order valence-electron chi connectivity index (χ4n) is 6.62. The second-order valence-corrected chi connectivity index (χ2v) is 18.5. The van der Waals surface area contributed by atoms with E-state index in [4.69, 9.17) is 9.41 Å². The lowest BCUT2D eigenvalue weighted by molar-refractivity contribution is 0.185. The molecule has 0 bridgehead atoms. The Kier molecular flexibility index (Phi) is 7.97. The lowest BCUT2D eigenvalue weighted by Crippen LogP contribution is -2.41. The van der Waals surface area contributed by atoms with Crippen molar-refractivity contribution in [1.29, 1.82) is 0 Å². The Morgan fingerprint density at radius 3 is 1.86 bits per heavy atom. The average molecular weight is 603 g/mol. The molecule has 0 saturated heterocycles. The Bertz CT molecular complexity index is 1630. The van der Waals surface area contributed by atoms with Crippen molar-refractivity contribution in [3.8, 4) is 0 Å². The minimum absolute atomic E-state index is 0.0630. The number of hydrogen-bond donors (Lipinski definition) is 0. The van der Waals surface area contributed by atoms with Crippen LogP contribution in [0.3, 0.4) is 0 Å². The van der Waals surface area contributed by atoms with Gasteiger partial charge in [0.05, 0.1) is 18.1 Å². The molecule has 4 aromatic carbocycles. The highest BCUT2D eigenvalue weighted by Gasteiger charge is 2.42. The van der Waals surface area contributed by atoms with Crippen LogP contribution in [0.4, 0.5) is 4.39 Å². The molecule has 1 aromatic heterocycles. The molecule has 1 aliphatic rings. The molecule has 2 atom stereocenters. The van der Waals surface area contributed by atoms with Crippen LogP contribution in [0.15, 0.2) is 116 Å². The van der Waals surface area contributed by atoms with E-state index in [1.165, 1.54) is 5.56 Å². The molecule has 0 radical (unpaired) electrons. The highest BCUT2D eigenvalue weighted by Crippen LogP contribution is 2.46. The summed E-state index contributed by atoms with van der Waals surface area (Å²) in [6, 6.07) is 35.3. The molecule has 5 heteroatoms. The van der Waals surface area contributed by atoms with Crippen LogP contribution < -0.4 is 0 Å². The molecule has 6 rings (SSSR count). The van der Waals surface area contributed by atoms with Crippen LogP contribution in [0.25, 0.3) is 0 Å². The summed E-state index contributed by atoms with van der Waals surface area (Å²) in [4.78, 5) is 5.02. The molecule has 0 saturated carbocycles. The van der Waals surface area contributed by atoms with Gasteiger partial charge in [-0.05, 0) is 76.5 Å². The maximum atomic E-state index is 15.3. The average Bonchev–Trinajstić information content (AvgIpc) is 3.66. The van der Waals surface area contributed by atoms with Crippen molar-refractivity contribution in [2.24, 2.45) is 0 Å². The van der Waals surface area contributed by atoms with E-state index in [1.54, 1.807) is 12.1 Å². The van der Waals surface area contributed by atoms with Crippen LogP contribution in [0.1, 0.15) is 85.2 Å². The lowest BCUT2D eigenvalue weighted by Gasteiger charge is -2.38. The van der Waals surface area contributed by atoms with Gasteiger partial charge in [0.1, 0.15) is 11.4 Å². The van der Waals surface area contributed by atoms with Gasteiger partial charge in [-0.25, -0.2) is 9.37 Å². The van der Waals surface area contributed by atoms with Crippen molar-refractivity contribution in [2.75, 3.05) is 0 Å². The van der Waals surface area contributed by atoms with Gasteiger partial charge in [-0.15, -0.1) is 0 Å². The first-order valence-electron chi connectivity index (χ1n) is 15.7. The minimum Gasteiger partial charge on any atom is -0.410 e. The summed E-state index contributed by atoms with van der Waals surface area (Å²) in [5, 5.41) is 0.0921. The largest absolute Gasteiger partial charge is 0.410 e. The van der Waals surface area contributed by atoms with Crippen LogP contribution in [-0.4, -0.2) is 17.9 Å². The fraction of sp³-hybridized carbons (Fsp3) is 0.308. The minimum atomic E-state index is -2.02. The lowest BCUT2D eigenvalue weighted by atomic mass is 9.76. The second kappa shape index (κ2) is 11.6. The highest BCUT2D eigenvalue weighted by atomic mass is 28.4. The summed E-state index contributed by atoms with van der Waals surface area (Å²) in [5.41, 5.74) is 6.96. The number of benzene rings is 4. The monoisotopic (exact) mass is 602 g/mol. The summed E-state index contributed by atoms with van der Waals surface area (Å²) < 4.78 is 24.4. The van der Waals surface area contributed by atoms with Gasteiger partial charge in [0.25, 0.3) is 0 Å². The van der Waals surface area contributed by atoms with Crippen LogP contribution in [0, 0.1) is 5.82 Å². The zero-order valence-corrected chi connectivity index (χ0v) is 27.7. The molecule has 44 heavy (non-hydrogen) atoms.